The SMILES string of the molecule is Fc1ccc2c(c1)CCN2C1CCN(CC2CCNCC2)CC1. The van der Waals surface area contributed by atoms with Crippen LogP contribution in [0.5, 0.6) is 0 Å². The molecule has 0 amide bonds. The quantitative estimate of drug-likeness (QED) is 0.925. The highest BCUT2D eigenvalue weighted by Gasteiger charge is 2.30. The van der Waals surface area contributed by atoms with Crippen molar-refractivity contribution in [2.24, 2.45) is 5.92 Å². The van der Waals surface area contributed by atoms with Gasteiger partial charge >= 0.3 is 0 Å². The average Bonchev–Trinajstić information content (AvgIpc) is 2.99. The summed E-state index contributed by atoms with van der Waals surface area (Å²) >= 11 is 0. The van der Waals surface area contributed by atoms with Gasteiger partial charge in [0.05, 0.1) is 0 Å². The molecule has 0 atom stereocenters. The molecule has 0 spiro atoms. The normalized spacial score (nSPS) is 24.1. The van der Waals surface area contributed by atoms with E-state index >= 15 is 0 Å². The molecule has 2 fully saturated rings. The van der Waals surface area contributed by atoms with Gasteiger partial charge in [0.2, 0.25) is 0 Å². The molecule has 4 rings (SSSR count). The third-order valence-electron chi connectivity index (χ3n) is 5.95. The standard InChI is InChI=1S/C19H28FN3/c20-17-1-2-19-16(13-17)5-12-23(19)18-6-10-22(11-7-18)14-15-3-8-21-9-4-15/h1-2,13,15,18,21H,3-12,14H2. The van der Waals surface area contributed by atoms with Crippen molar-refractivity contribution in [1.82, 2.24) is 10.2 Å². The number of rotatable bonds is 3. The Morgan fingerprint density at radius 2 is 1.83 bits per heavy atom. The predicted octanol–water partition coefficient (Wildman–Crippen LogP) is 2.65. The molecule has 4 heteroatoms. The number of hydrogen-bond acceptors (Lipinski definition) is 3. The molecule has 126 valence electrons. The fourth-order valence-corrected chi connectivity index (χ4v) is 4.62. The molecule has 0 aliphatic carbocycles. The summed E-state index contributed by atoms with van der Waals surface area (Å²) in [6, 6.07) is 5.97. The number of hydrogen-bond donors (Lipinski definition) is 1. The van der Waals surface area contributed by atoms with E-state index in [-0.39, 0.29) is 5.82 Å². The Kier molecular flexibility index (Phi) is 4.54. The second-order valence-corrected chi connectivity index (χ2v) is 7.44. The van der Waals surface area contributed by atoms with E-state index < -0.39 is 0 Å². The number of benzene rings is 1. The summed E-state index contributed by atoms with van der Waals surface area (Å²) in [4.78, 5) is 5.21. The first-order valence-electron chi connectivity index (χ1n) is 9.28. The smallest absolute Gasteiger partial charge is 0.123 e. The minimum atomic E-state index is -0.0950. The summed E-state index contributed by atoms with van der Waals surface area (Å²) in [5, 5.41) is 3.46. The summed E-state index contributed by atoms with van der Waals surface area (Å²) in [6.45, 7) is 7.20. The van der Waals surface area contributed by atoms with Crippen LogP contribution in [0, 0.1) is 11.7 Å². The Labute approximate surface area is 138 Å². The predicted molar refractivity (Wildman–Crippen MR) is 92.5 cm³/mol. The summed E-state index contributed by atoms with van der Waals surface area (Å²) < 4.78 is 13.4. The second-order valence-electron chi connectivity index (χ2n) is 7.44. The van der Waals surface area contributed by atoms with Crippen LogP contribution in [0.2, 0.25) is 0 Å². The van der Waals surface area contributed by atoms with E-state index in [1.165, 1.54) is 69.7 Å². The lowest BCUT2D eigenvalue weighted by atomic mass is 9.95. The molecule has 1 N–H and O–H groups in total. The van der Waals surface area contributed by atoms with E-state index in [4.69, 9.17) is 0 Å². The summed E-state index contributed by atoms with van der Waals surface area (Å²) in [5.41, 5.74) is 2.48. The van der Waals surface area contributed by atoms with Gasteiger partial charge in [-0.2, -0.15) is 0 Å². The maximum Gasteiger partial charge on any atom is 0.123 e. The minimum Gasteiger partial charge on any atom is -0.368 e. The molecular weight excluding hydrogens is 289 g/mol. The highest BCUT2D eigenvalue weighted by Crippen LogP contribution is 2.33. The van der Waals surface area contributed by atoms with E-state index in [2.05, 4.69) is 15.1 Å². The van der Waals surface area contributed by atoms with E-state index in [0.29, 0.717) is 6.04 Å². The Hall–Kier alpha value is -1.13. The van der Waals surface area contributed by atoms with Crippen molar-refractivity contribution in [3.8, 4) is 0 Å². The molecule has 3 aliphatic heterocycles. The molecule has 0 bridgehead atoms. The minimum absolute atomic E-state index is 0.0950. The van der Waals surface area contributed by atoms with E-state index in [1.807, 2.05) is 6.07 Å². The summed E-state index contributed by atoms with van der Waals surface area (Å²) in [6.07, 6.45) is 6.18. The number of piperidine rings is 2. The monoisotopic (exact) mass is 317 g/mol. The van der Waals surface area contributed by atoms with Gasteiger partial charge in [-0.15, -0.1) is 0 Å². The summed E-state index contributed by atoms with van der Waals surface area (Å²) in [5.74, 6) is 0.797. The molecule has 0 aromatic heterocycles. The van der Waals surface area contributed by atoms with Crippen LogP contribution in [-0.4, -0.2) is 50.2 Å². The Balaban J connectivity index is 1.32. The Morgan fingerprint density at radius 3 is 2.61 bits per heavy atom. The number of nitrogens with one attached hydrogen (secondary N) is 1. The zero-order valence-corrected chi connectivity index (χ0v) is 13.9. The molecule has 0 saturated carbocycles. The van der Waals surface area contributed by atoms with Crippen LogP contribution in [0.1, 0.15) is 31.2 Å². The fraction of sp³-hybridized carbons (Fsp3) is 0.684. The van der Waals surface area contributed by atoms with Crippen molar-refractivity contribution in [3.05, 3.63) is 29.6 Å². The molecule has 0 unspecified atom stereocenters. The number of likely N-dealkylation sites (tertiary alicyclic amines) is 1. The fourth-order valence-electron chi connectivity index (χ4n) is 4.62. The number of fused-ring (bicyclic) bond motifs is 1. The second kappa shape index (κ2) is 6.78. The van der Waals surface area contributed by atoms with Gasteiger partial charge in [-0.05, 0) is 74.9 Å². The van der Waals surface area contributed by atoms with Crippen LogP contribution in [0.4, 0.5) is 10.1 Å². The first-order chi connectivity index (χ1) is 11.3. The zero-order valence-electron chi connectivity index (χ0n) is 13.9. The van der Waals surface area contributed by atoms with Crippen molar-refractivity contribution in [3.63, 3.8) is 0 Å². The van der Waals surface area contributed by atoms with Gasteiger partial charge in [0.25, 0.3) is 0 Å². The first kappa shape index (κ1) is 15.4. The van der Waals surface area contributed by atoms with E-state index in [9.17, 15) is 4.39 Å². The van der Waals surface area contributed by atoms with Gasteiger partial charge in [0, 0.05) is 37.9 Å². The van der Waals surface area contributed by atoms with Crippen LogP contribution < -0.4 is 10.2 Å². The van der Waals surface area contributed by atoms with Crippen LogP contribution in [0.25, 0.3) is 0 Å². The van der Waals surface area contributed by atoms with Crippen molar-refractivity contribution in [1.29, 1.82) is 0 Å². The topological polar surface area (TPSA) is 18.5 Å². The molecular formula is C19H28FN3. The van der Waals surface area contributed by atoms with E-state index in [1.54, 1.807) is 12.1 Å². The highest BCUT2D eigenvalue weighted by atomic mass is 19.1. The van der Waals surface area contributed by atoms with Crippen LogP contribution in [0.15, 0.2) is 18.2 Å². The van der Waals surface area contributed by atoms with Crippen LogP contribution in [0.3, 0.4) is 0 Å². The first-order valence-corrected chi connectivity index (χ1v) is 9.28. The Morgan fingerprint density at radius 1 is 1.04 bits per heavy atom. The van der Waals surface area contributed by atoms with Crippen molar-refractivity contribution in [2.45, 2.75) is 38.1 Å². The van der Waals surface area contributed by atoms with Gasteiger partial charge in [0.1, 0.15) is 5.82 Å². The molecule has 1 aromatic rings. The average molecular weight is 317 g/mol. The summed E-state index contributed by atoms with van der Waals surface area (Å²) in [7, 11) is 0. The molecule has 3 aliphatic rings. The van der Waals surface area contributed by atoms with Crippen LogP contribution in [-0.2, 0) is 6.42 Å². The number of anilines is 1. The third kappa shape index (κ3) is 3.38. The lowest BCUT2D eigenvalue weighted by molar-refractivity contribution is 0.166. The largest absolute Gasteiger partial charge is 0.368 e. The molecule has 0 radical (unpaired) electrons. The van der Waals surface area contributed by atoms with E-state index in [0.717, 1.165) is 18.9 Å². The third-order valence-corrected chi connectivity index (χ3v) is 5.95. The molecule has 2 saturated heterocycles. The zero-order chi connectivity index (χ0) is 15.6. The molecule has 23 heavy (non-hydrogen) atoms. The van der Waals surface area contributed by atoms with Gasteiger partial charge in [-0.25, -0.2) is 4.39 Å². The number of nitrogens with zero attached hydrogens (tertiary/aromatic N) is 2. The van der Waals surface area contributed by atoms with Crippen molar-refractivity contribution in [2.75, 3.05) is 44.2 Å². The Bertz CT molecular complexity index is 533. The lowest BCUT2D eigenvalue weighted by Gasteiger charge is -2.39. The van der Waals surface area contributed by atoms with Gasteiger partial charge in [-0.3, -0.25) is 0 Å². The van der Waals surface area contributed by atoms with Crippen LogP contribution >= 0.6 is 0 Å². The molecule has 3 nitrogen and oxygen atoms in total. The maximum absolute atomic E-state index is 13.4. The van der Waals surface area contributed by atoms with Gasteiger partial charge < -0.3 is 15.1 Å². The molecule has 1 aromatic carbocycles. The lowest BCUT2D eigenvalue weighted by Crippen LogP contribution is -2.46. The van der Waals surface area contributed by atoms with Gasteiger partial charge in [-0.1, -0.05) is 0 Å². The maximum atomic E-state index is 13.4. The number of halogens is 1. The highest BCUT2D eigenvalue weighted by molar-refractivity contribution is 5.58. The van der Waals surface area contributed by atoms with Crippen molar-refractivity contribution >= 4 is 5.69 Å². The molecule has 3 heterocycles. The van der Waals surface area contributed by atoms with Gasteiger partial charge in [0.15, 0.2) is 0 Å². The van der Waals surface area contributed by atoms with Crippen molar-refractivity contribution < 1.29 is 4.39 Å².